The highest BCUT2D eigenvalue weighted by Gasteiger charge is 2.26. The summed E-state index contributed by atoms with van der Waals surface area (Å²) in [6, 6.07) is 2.86. The van der Waals surface area contributed by atoms with E-state index in [9.17, 15) is 0 Å². The van der Waals surface area contributed by atoms with Gasteiger partial charge in [0.05, 0.1) is 25.7 Å². The molecule has 0 radical (unpaired) electrons. The van der Waals surface area contributed by atoms with Gasteiger partial charge in [-0.1, -0.05) is 19.8 Å². The van der Waals surface area contributed by atoms with Crippen LogP contribution in [0.1, 0.15) is 60.3 Å². The second-order valence-electron chi connectivity index (χ2n) is 5.09. The zero-order valence-electron chi connectivity index (χ0n) is 13.1. The van der Waals surface area contributed by atoms with Gasteiger partial charge in [-0.05, 0) is 34.1 Å². The third-order valence-corrected chi connectivity index (χ3v) is 4.72. The van der Waals surface area contributed by atoms with Crippen molar-refractivity contribution in [3.63, 3.8) is 0 Å². The minimum Gasteiger partial charge on any atom is -0.322 e. The molecule has 1 atom stereocenters. The Bertz CT molecular complexity index is 246. The van der Waals surface area contributed by atoms with Crippen LogP contribution in [0.5, 0.6) is 0 Å². The summed E-state index contributed by atoms with van der Waals surface area (Å²) in [6.07, 6.45) is 3.86. The predicted molar refractivity (Wildman–Crippen MR) is 80.7 cm³/mol. The number of nitriles is 1. The molecule has 0 aliphatic rings. The van der Waals surface area contributed by atoms with E-state index in [0.29, 0.717) is 25.1 Å². The first kappa shape index (κ1) is 18.8. The van der Waals surface area contributed by atoms with Gasteiger partial charge in [-0.25, -0.2) is 4.67 Å². The molecule has 0 rings (SSSR count). The molecule has 0 N–H and O–H groups in total. The highest BCUT2D eigenvalue weighted by molar-refractivity contribution is 7.44. The van der Waals surface area contributed by atoms with E-state index in [0.717, 1.165) is 13.0 Å². The van der Waals surface area contributed by atoms with Crippen molar-refractivity contribution < 1.29 is 9.05 Å². The summed E-state index contributed by atoms with van der Waals surface area (Å²) in [7, 11) is -1.05. The molecule has 0 saturated carbocycles. The van der Waals surface area contributed by atoms with Crippen molar-refractivity contribution in [3.05, 3.63) is 0 Å². The summed E-state index contributed by atoms with van der Waals surface area (Å²) >= 11 is 0. The van der Waals surface area contributed by atoms with Gasteiger partial charge in [0.1, 0.15) is 0 Å². The van der Waals surface area contributed by atoms with E-state index in [1.165, 1.54) is 12.8 Å². The third kappa shape index (κ3) is 8.55. The van der Waals surface area contributed by atoms with Crippen molar-refractivity contribution in [3.8, 4) is 6.07 Å². The molecule has 0 heterocycles. The summed E-state index contributed by atoms with van der Waals surface area (Å²) in [5.74, 6) is 0. The Morgan fingerprint density at radius 3 is 2.11 bits per heavy atom. The summed E-state index contributed by atoms with van der Waals surface area (Å²) in [5.41, 5.74) is 0. The molecule has 0 aliphatic carbocycles. The molecule has 0 spiro atoms. The summed E-state index contributed by atoms with van der Waals surface area (Å²) < 4.78 is 14.0. The number of hydrogen-bond donors (Lipinski definition) is 0. The van der Waals surface area contributed by atoms with E-state index >= 15 is 0 Å². The van der Waals surface area contributed by atoms with Gasteiger partial charge >= 0.3 is 0 Å². The van der Waals surface area contributed by atoms with Crippen LogP contribution >= 0.6 is 8.53 Å². The van der Waals surface area contributed by atoms with Crippen LogP contribution in [0.3, 0.4) is 0 Å². The standard InChI is InChI=1S/C14H29N2O2P/c1-6-7-8-11-17-19(18-12-9-10-15)16(13(2)3)14(4)5/h13-14H,6-9,11-12H2,1-5H3. The molecule has 112 valence electrons. The molecule has 0 fully saturated rings. The van der Waals surface area contributed by atoms with Gasteiger partial charge in [-0.3, -0.25) is 0 Å². The lowest BCUT2D eigenvalue weighted by atomic mass is 10.3. The lowest BCUT2D eigenvalue weighted by molar-refractivity contribution is 0.174. The monoisotopic (exact) mass is 288 g/mol. The zero-order chi connectivity index (χ0) is 14.7. The second-order valence-corrected chi connectivity index (χ2v) is 6.54. The Morgan fingerprint density at radius 1 is 1.05 bits per heavy atom. The molecule has 0 saturated heterocycles. The quantitative estimate of drug-likeness (QED) is 0.415. The van der Waals surface area contributed by atoms with E-state index in [1.54, 1.807) is 0 Å². The van der Waals surface area contributed by atoms with Crippen molar-refractivity contribution in [2.45, 2.75) is 72.4 Å². The molecule has 0 amide bonds. The van der Waals surface area contributed by atoms with Crippen LogP contribution in [-0.2, 0) is 9.05 Å². The van der Waals surface area contributed by atoms with E-state index < -0.39 is 8.53 Å². The highest BCUT2D eigenvalue weighted by atomic mass is 31.2. The first-order chi connectivity index (χ1) is 9.04. The summed E-state index contributed by atoms with van der Waals surface area (Å²) in [5, 5.41) is 8.60. The second kappa shape index (κ2) is 11.6. The highest BCUT2D eigenvalue weighted by Crippen LogP contribution is 2.46. The number of rotatable bonds is 11. The lowest BCUT2D eigenvalue weighted by Crippen LogP contribution is -2.33. The Labute approximate surface area is 120 Å². The molecule has 4 nitrogen and oxygen atoms in total. The molecule has 0 aliphatic heterocycles. The maximum absolute atomic E-state index is 8.60. The topological polar surface area (TPSA) is 45.5 Å². The van der Waals surface area contributed by atoms with Crippen LogP contribution in [0.4, 0.5) is 0 Å². The predicted octanol–water partition coefficient (Wildman–Crippen LogP) is 4.47. The first-order valence-corrected chi connectivity index (χ1v) is 8.38. The Balaban J connectivity index is 4.40. The van der Waals surface area contributed by atoms with Crippen LogP contribution in [0, 0.1) is 11.3 Å². The lowest BCUT2D eigenvalue weighted by Gasteiger charge is -2.35. The normalized spacial score (nSPS) is 13.2. The largest absolute Gasteiger partial charge is 0.322 e. The van der Waals surface area contributed by atoms with Gasteiger partial charge in [0.25, 0.3) is 8.53 Å². The third-order valence-electron chi connectivity index (χ3n) is 2.61. The molecular formula is C14H29N2O2P. The summed E-state index contributed by atoms with van der Waals surface area (Å²) in [6.45, 7) is 12.0. The molecule has 19 heavy (non-hydrogen) atoms. The fraction of sp³-hybridized carbons (Fsp3) is 0.929. The Kier molecular flexibility index (Phi) is 11.5. The van der Waals surface area contributed by atoms with Gasteiger partial charge in [-0.2, -0.15) is 5.26 Å². The van der Waals surface area contributed by atoms with Crippen LogP contribution < -0.4 is 0 Å². The molecule has 1 unspecified atom stereocenters. The van der Waals surface area contributed by atoms with Crippen LogP contribution in [-0.4, -0.2) is 30.0 Å². The van der Waals surface area contributed by atoms with E-state index in [1.807, 2.05) is 0 Å². The maximum Gasteiger partial charge on any atom is 0.259 e. The summed E-state index contributed by atoms with van der Waals surface area (Å²) in [4.78, 5) is 0. The van der Waals surface area contributed by atoms with Crippen molar-refractivity contribution >= 4 is 8.53 Å². The van der Waals surface area contributed by atoms with Crippen LogP contribution in [0.15, 0.2) is 0 Å². The Morgan fingerprint density at radius 2 is 1.63 bits per heavy atom. The fourth-order valence-corrected chi connectivity index (χ4v) is 3.44. The number of unbranched alkanes of at least 4 members (excludes halogenated alkanes) is 2. The zero-order valence-corrected chi connectivity index (χ0v) is 13.9. The van der Waals surface area contributed by atoms with E-state index in [-0.39, 0.29) is 0 Å². The Hall–Kier alpha value is -0.200. The molecular weight excluding hydrogens is 259 g/mol. The number of nitrogens with zero attached hydrogens (tertiary/aromatic N) is 2. The molecule has 0 aromatic rings. The molecule has 0 bridgehead atoms. The maximum atomic E-state index is 8.60. The van der Waals surface area contributed by atoms with Crippen molar-refractivity contribution in [2.75, 3.05) is 13.2 Å². The minimum atomic E-state index is -1.05. The average molecular weight is 288 g/mol. The minimum absolute atomic E-state index is 0.374. The first-order valence-electron chi connectivity index (χ1n) is 7.25. The van der Waals surface area contributed by atoms with Gasteiger partial charge in [0, 0.05) is 12.1 Å². The van der Waals surface area contributed by atoms with E-state index in [4.69, 9.17) is 14.3 Å². The smallest absolute Gasteiger partial charge is 0.259 e. The van der Waals surface area contributed by atoms with Crippen LogP contribution in [0.2, 0.25) is 0 Å². The van der Waals surface area contributed by atoms with E-state index in [2.05, 4.69) is 45.4 Å². The fourth-order valence-electron chi connectivity index (χ4n) is 1.81. The van der Waals surface area contributed by atoms with Crippen molar-refractivity contribution in [1.82, 2.24) is 4.67 Å². The van der Waals surface area contributed by atoms with Gasteiger partial charge in [0.2, 0.25) is 0 Å². The number of hydrogen-bond acceptors (Lipinski definition) is 4. The van der Waals surface area contributed by atoms with Crippen molar-refractivity contribution in [2.24, 2.45) is 0 Å². The van der Waals surface area contributed by atoms with Crippen molar-refractivity contribution in [1.29, 1.82) is 5.26 Å². The van der Waals surface area contributed by atoms with Gasteiger partial charge < -0.3 is 9.05 Å². The van der Waals surface area contributed by atoms with Gasteiger partial charge in [0.15, 0.2) is 0 Å². The average Bonchev–Trinajstić information content (AvgIpc) is 2.33. The molecule has 0 aromatic heterocycles. The van der Waals surface area contributed by atoms with Gasteiger partial charge in [-0.15, -0.1) is 0 Å². The molecule has 0 aromatic carbocycles. The van der Waals surface area contributed by atoms with Crippen LogP contribution in [0.25, 0.3) is 0 Å². The molecule has 5 heteroatoms. The SMILES string of the molecule is CCCCCOP(OCCC#N)N(C(C)C)C(C)C.